The molecule has 0 aromatic rings. The van der Waals surface area contributed by atoms with E-state index in [1.807, 2.05) is 0 Å². The van der Waals surface area contributed by atoms with Gasteiger partial charge in [-0.05, 0) is 84.1 Å². The van der Waals surface area contributed by atoms with Crippen LogP contribution in [0.25, 0.3) is 0 Å². The summed E-state index contributed by atoms with van der Waals surface area (Å²) in [4.78, 5) is 0. The van der Waals surface area contributed by atoms with Crippen LogP contribution >= 0.6 is 0 Å². The Labute approximate surface area is 247 Å². The van der Waals surface area contributed by atoms with Gasteiger partial charge in [0, 0.05) is 6.04 Å². The first-order valence-corrected chi connectivity index (χ1v) is 17.6. The van der Waals surface area contributed by atoms with Gasteiger partial charge in [-0.2, -0.15) is 0 Å². The zero-order chi connectivity index (χ0) is 28.3. The molecular formula is C38H71N. The van der Waals surface area contributed by atoms with Crippen molar-refractivity contribution >= 4 is 0 Å². The van der Waals surface area contributed by atoms with E-state index < -0.39 is 0 Å². The molecule has 0 rings (SSSR count). The fourth-order valence-corrected chi connectivity index (χ4v) is 5.19. The normalized spacial score (nSPS) is 12.5. The second kappa shape index (κ2) is 34.9. The monoisotopic (exact) mass is 542 g/mol. The molecule has 0 saturated heterocycles. The van der Waals surface area contributed by atoms with E-state index in [1.54, 1.807) is 0 Å². The van der Waals surface area contributed by atoms with Crippen LogP contribution in [0.2, 0.25) is 0 Å². The van der Waals surface area contributed by atoms with Crippen LogP contribution in [0.5, 0.6) is 0 Å². The molecule has 1 nitrogen and oxygen atoms in total. The van der Waals surface area contributed by atoms with Gasteiger partial charge in [0.15, 0.2) is 0 Å². The van der Waals surface area contributed by atoms with E-state index in [0.29, 0.717) is 0 Å². The molecule has 1 heteroatoms. The maximum absolute atomic E-state index is 3.58. The third kappa shape index (κ3) is 33.0. The molecule has 0 aliphatic carbocycles. The lowest BCUT2D eigenvalue weighted by molar-refractivity contribution is 0.435. The van der Waals surface area contributed by atoms with Crippen molar-refractivity contribution in [2.24, 2.45) is 0 Å². The van der Waals surface area contributed by atoms with E-state index in [4.69, 9.17) is 0 Å². The molecule has 0 aromatic carbocycles. The summed E-state index contributed by atoms with van der Waals surface area (Å²) in [6, 6.07) is 0.738. The lowest BCUT2D eigenvalue weighted by atomic mass is 10.00. The number of allylic oxidation sites excluding steroid dienone is 8. The largest absolute Gasteiger partial charge is 0.317 e. The maximum Gasteiger partial charge on any atom is 0.00640 e. The van der Waals surface area contributed by atoms with Crippen LogP contribution in [0.3, 0.4) is 0 Å². The molecule has 0 aliphatic heterocycles. The summed E-state index contributed by atoms with van der Waals surface area (Å²) < 4.78 is 0. The molecule has 0 saturated carbocycles. The molecule has 1 N–H and O–H groups in total. The summed E-state index contributed by atoms with van der Waals surface area (Å²) in [6.45, 7) is 4.54. The zero-order valence-electron chi connectivity index (χ0n) is 27.1. The lowest BCUT2D eigenvalue weighted by Crippen LogP contribution is -2.24. The molecule has 0 amide bonds. The minimum Gasteiger partial charge on any atom is -0.317 e. The van der Waals surface area contributed by atoms with Crippen LogP contribution in [0.4, 0.5) is 0 Å². The van der Waals surface area contributed by atoms with Gasteiger partial charge in [-0.25, -0.2) is 0 Å². The second-order valence-electron chi connectivity index (χ2n) is 11.7. The Morgan fingerprint density at radius 2 is 0.692 bits per heavy atom. The van der Waals surface area contributed by atoms with Gasteiger partial charge in [0.25, 0.3) is 0 Å². The van der Waals surface area contributed by atoms with Crippen LogP contribution < -0.4 is 5.32 Å². The summed E-state index contributed by atoms with van der Waals surface area (Å²) in [5.74, 6) is 0. The highest BCUT2D eigenvalue weighted by atomic mass is 14.9. The molecule has 0 aromatic heterocycles. The van der Waals surface area contributed by atoms with E-state index in [-0.39, 0.29) is 0 Å². The van der Waals surface area contributed by atoms with Crippen molar-refractivity contribution in [3.05, 3.63) is 48.6 Å². The Morgan fingerprint density at radius 3 is 1.03 bits per heavy atom. The minimum absolute atomic E-state index is 0.738. The van der Waals surface area contributed by atoms with Crippen LogP contribution in [0, 0.1) is 0 Å². The number of rotatable bonds is 31. The van der Waals surface area contributed by atoms with Gasteiger partial charge in [0.05, 0.1) is 0 Å². The number of nitrogens with one attached hydrogen (secondary N) is 1. The average molecular weight is 542 g/mol. The number of hydrogen-bond acceptors (Lipinski definition) is 1. The van der Waals surface area contributed by atoms with Crippen LogP contribution in [0.1, 0.15) is 181 Å². The van der Waals surface area contributed by atoms with E-state index in [9.17, 15) is 0 Å². The molecule has 0 atom stereocenters. The Kier molecular flexibility index (Phi) is 34.0. The highest BCUT2D eigenvalue weighted by Gasteiger charge is 2.05. The summed E-state index contributed by atoms with van der Waals surface area (Å²) in [6.07, 6.45) is 53.8. The summed E-state index contributed by atoms with van der Waals surface area (Å²) >= 11 is 0. The Hall–Kier alpha value is -1.08. The van der Waals surface area contributed by atoms with Crippen LogP contribution in [-0.2, 0) is 0 Å². The van der Waals surface area contributed by atoms with E-state index in [2.05, 4.69) is 74.8 Å². The van der Waals surface area contributed by atoms with Crippen molar-refractivity contribution in [3.8, 4) is 0 Å². The predicted molar refractivity (Wildman–Crippen MR) is 181 cm³/mol. The van der Waals surface area contributed by atoms with Crippen molar-refractivity contribution in [3.63, 3.8) is 0 Å². The molecular weight excluding hydrogens is 470 g/mol. The summed E-state index contributed by atoms with van der Waals surface area (Å²) in [5, 5.41) is 3.58. The molecule has 0 radical (unpaired) electrons. The van der Waals surface area contributed by atoms with Crippen LogP contribution in [-0.4, -0.2) is 13.1 Å². The minimum atomic E-state index is 0.738. The standard InChI is InChI=1S/C38H71N/c1-4-6-8-10-12-14-16-18-20-22-24-26-28-30-32-34-36-38(39-3)37-35-33-31-29-27-25-23-21-19-17-15-13-11-9-7-5-2/h12-15,18-21,38-39H,4-11,16-17,22-37H2,1-3H3/b14-12-,15-13-,20-18-,21-19-. The third-order valence-corrected chi connectivity index (χ3v) is 7.91. The van der Waals surface area contributed by atoms with Crippen molar-refractivity contribution in [1.29, 1.82) is 0 Å². The first-order chi connectivity index (χ1) is 19.3. The number of unbranched alkanes of at least 4 members (excludes halogenated alkanes) is 18. The molecule has 0 bridgehead atoms. The van der Waals surface area contributed by atoms with Crippen molar-refractivity contribution < 1.29 is 0 Å². The second-order valence-corrected chi connectivity index (χ2v) is 11.7. The van der Waals surface area contributed by atoms with E-state index in [1.165, 1.54) is 154 Å². The van der Waals surface area contributed by atoms with Crippen LogP contribution in [0.15, 0.2) is 48.6 Å². The first-order valence-electron chi connectivity index (χ1n) is 17.6. The third-order valence-electron chi connectivity index (χ3n) is 7.91. The van der Waals surface area contributed by atoms with Gasteiger partial charge in [-0.15, -0.1) is 0 Å². The highest BCUT2D eigenvalue weighted by molar-refractivity contribution is 4.93. The van der Waals surface area contributed by atoms with Gasteiger partial charge < -0.3 is 5.32 Å². The first kappa shape index (κ1) is 37.9. The predicted octanol–water partition coefficient (Wildman–Crippen LogP) is 13.0. The molecule has 0 spiro atoms. The Morgan fingerprint density at radius 1 is 0.385 bits per heavy atom. The quantitative estimate of drug-likeness (QED) is 0.0679. The van der Waals surface area contributed by atoms with Gasteiger partial charge in [0.2, 0.25) is 0 Å². The fraction of sp³-hybridized carbons (Fsp3) is 0.789. The maximum atomic E-state index is 3.58. The topological polar surface area (TPSA) is 12.0 Å². The molecule has 228 valence electrons. The van der Waals surface area contributed by atoms with Crippen molar-refractivity contribution in [1.82, 2.24) is 5.32 Å². The highest BCUT2D eigenvalue weighted by Crippen LogP contribution is 2.15. The number of hydrogen-bond donors (Lipinski definition) is 1. The van der Waals surface area contributed by atoms with Gasteiger partial charge in [-0.3, -0.25) is 0 Å². The van der Waals surface area contributed by atoms with Gasteiger partial charge in [-0.1, -0.05) is 152 Å². The SMILES string of the molecule is CCCCC/C=C\C/C=C\CCCCCCCCC(CCCCCCCC/C=C\C/C=C\CCCCC)NC. The zero-order valence-corrected chi connectivity index (χ0v) is 27.1. The molecule has 0 aliphatic rings. The molecule has 0 unspecified atom stereocenters. The van der Waals surface area contributed by atoms with Crippen molar-refractivity contribution in [2.45, 2.75) is 187 Å². The van der Waals surface area contributed by atoms with Gasteiger partial charge in [0.1, 0.15) is 0 Å². The smallest absolute Gasteiger partial charge is 0.00640 e. The lowest BCUT2D eigenvalue weighted by Gasteiger charge is -2.16. The van der Waals surface area contributed by atoms with E-state index >= 15 is 0 Å². The Bertz CT molecular complexity index is 507. The average Bonchev–Trinajstić information content (AvgIpc) is 2.95. The fourth-order valence-electron chi connectivity index (χ4n) is 5.19. The molecule has 0 fully saturated rings. The van der Waals surface area contributed by atoms with Gasteiger partial charge >= 0.3 is 0 Å². The van der Waals surface area contributed by atoms with E-state index in [0.717, 1.165) is 18.9 Å². The molecule has 0 heterocycles. The van der Waals surface area contributed by atoms with Crippen molar-refractivity contribution in [2.75, 3.05) is 7.05 Å². The summed E-state index contributed by atoms with van der Waals surface area (Å²) in [7, 11) is 2.16. The summed E-state index contributed by atoms with van der Waals surface area (Å²) in [5.41, 5.74) is 0. The molecule has 39 heavy (non-hydrogen) atoms. The Balaban J connectivity index is 3.41.